The van der Waals surface area contributed by atoms with Gasteiger partial charge in [-0.2, -0.15) is 0 Å². The zero-order valence-electron chi connectivity index (χ0n) is 20.2. The Morgan fingerprint density at radius 3 is 1.69 bits per heavy atom. The standard InChI is InChI=1S/C34H24O2/c1-21-11-9-16-26(33(35)36-2)31(21)25-15-10-20-30-32(25)24-14-5-8-19-29(24)34(30)27-17-6-3-12-22(27)23-13-4-7-18-28(23)34/h3-20H,1-2H3. The summed E-state index contributed by atoms with van der Waals surface area (Å²) in [5.74, 6) is -0.316. The van der Waals surface area contributed by atoms with Crippen molar-refractivity contribution < 1.29 is 9.53 Å². The number of carbonyl (C=O) groups is 1. The van der Waals surface area contributed by atoms with E-state index in [2.05, 4.69) is 104 Å². The predicted octanol–water partition coefficient (Wildman–Crippen LogP) is 7.79. The van der Waals surface area contributed by atoms with Gasteiger partial charge in [0.05, 0.1) is 18.1 Å². The third-order valence-corrected chi connectivity index (χ3v) is 7.97. The first-order valence-corrected chi connectivity index (χ1v) is 12.3. The first-order valence-electron chi connectivity index (χ1n) is 12.3. The van der Waals surface area contributed by atoms with Crippen LogP contribution in [0, 0.1) is 6.92 Å². The summed E-state index contributed by atoms with van der Waals surface area (Å²) in [6.45, 7) is 2.07. The van der Waals surface area contributed by atoms with Crippen LogP contribution in [0.2, 0.25) is 0 Å². The van der Waals surface area contributed by atoms with Gasteiger partial charge in [0.2, 0.25) is 0 Å². The largest absolute Gasteiger partial charge is 0.465 e. The first-order chi connectivity index (χ1) is 17.7. The van der Waals surface area contributed by atoms with Gasteiger partial charge in [0.15, 0.2) is 0 Å². The SMILES string of the molecule is COC(=O)c1cccc(C)c1-c1cccc2c1-c1ccccc1C21c2ccccc2-c2ccccc21. The smallest absolute Gasteiger partial charge is 0.338 e. The van der Waals surface area contributed by atoms with Crippen LogP contribution in [0.4, 0.5) is 0 Å². The van der Waals surface area contributed by atoms with E-state index in [9.17, 15) is 4.79 Å². The highest BCUT2D eigenvalue weighted by molar-refractivity contribution is 6.05. The number of benzene rings is 5. The lowest BCUT2D eigenvalue weighted by molar-refractivity contribution is 0.0601. The van der Waals surface area contributed by atoms with Crippen molar-refractivity contribution in [2.75, 3.05) is 7.11 Å². The Hall–Kier alpha value is -4.43. The summed E-state index contributed by atoms with van der Waals surface area (Å²) in [5, 5.41) is 0. The molecule has 0 aliphatic heterocycles. The molecule has 2 aliphatic rings. The van der Waals surface area contributed by atoms with E-state index in [1.807, 2.05) is 12.1 Å². The van der Waals surface area contributed by atoms with Crippen LogP contribution in [0.25, 0.3) is 33.4 Å². The predicted molar refractivity (Wildman–Crippen MR) is 144 cm³/mol. The molecular formula is C34H24O2. The molecule has 0 fully saturated rings. The van der Waals surface area contributed by atoms with E-state index in [4.69, 9.17) is 4.74 Å². The second-order valence-corrected chi connectivity index (χ2v) is 9.60. The summed E-state index contributed by atoms with van der Waals surface area (Å²) in [7, 11) is 1.44. The van der Waals surface area contributed by atoms with E-state index in [1.54, 1.807) is 0 Å². The summed E-state index contributed by atoms with van der Waals surface area (Å²) < 4.78 is 5.19. The molecule has 5 aromatic rings. The lowest BCUT2D eigenvalue weighted by Crippen LogP contribution is -2.25. The topological polar surface area (TPSA) is 26.3 Å². The number of hydrogen-bond donors (Lipinski definition) is 0. The van der Waals surface area contributed by atoms with Crippen LogP contribution in [0.3, 0.4) is 0 Å². The van der Waals surface area contributed by atoms with Crippen molar-refractivity contribution >= 4 is 5.97 Å². The lowest BCUT2D eigenvalue weighted by Gasteiger charge is -2.30. The maximum absolute atomic E-state index is 12.9. The van der Waals surface area contributed by atoms with Crippen LogP contribution in [0.1, 0.15) is 38.2 Å². The quantitative estimate of drug-likeness (QED) is 0.244. The van der Waals surface area contributed by atoms with E-state index in [-0.39, 0.29) is 5.97 Å². The van der Waals surface area contributed by atoms with Crippen molar-refractivity contribution in [1.82, 2.24) is 0 Å². The molecule has 0 saturated heterocycles. The Morgan fingerprint density at radius 1 is 0.556 bits per heavy atom. The normalized spacial score (nSPS) is 13.6. The fourth-order valence-corrected chi connectivity index (χ4v) is 6.66. The molecule has 172 valence electrons. The number of carbonyl (C=O) groups excluding carboxylic acids is 1. The summed E-state index contributed by atoms with van der Waals surface area (Å²) in [6, 6.07) is 38.8. The molecule has 5 aromatic carbocycles. The van der Waals surface area contributed by atoms with Crippen molar-refractivity contribution in [3.8, 4) is 33.4 Å². The first kappa shape index (κ1) is 20.9. The fraction of sp³-hybridized carbons (Fsp3) is 0.0882. The van der Waals surface area contributed by atoms with Crippen LogP contribution >= 0.6 is 0 Å². The highest BCUT2D eigenvalue weighted by Gasteiger charge is 2.52. The molecule has 36 heavy (non-hydrogen) atoms. The Bertz CT molecular complexity index is 1660. The summed E-state index contributed by atoms with van der Waals surface area (Å²) in [6.07, 6.45) is 0. The highest BCUT2D eigenvalue weighted by Crippen LogP contribution is 2.64. The zero-order chi connectivity index (χ0) is 24.4. The van der Waals surface area contributed by atoms with E-state index < -0.39 is 5.41 Å². The molecule has 0 heterocycles. The monoisotopic (exact) mass is 464 g/mol. The zero-order valence-corrected chi connectivity index (χ0v) is 20.2. The maximum Gasteiger partial charge on any atom is 0.338 e. The third kappa shape index (κ3) is 2.48. The number of methoxy groups -OCH3 is 1. The minimum atomic E-state index is -0.400. The number of esters is 1. The molecule has 0 atom stereocenters. The molecule has 0 unspecified atom stereocenters. The molecule has 0 amide bonds. The van der Waals surface area contributed by atoms with Crippen molar-refractivity contribution in [2.24, 2.45) is 0 Å². The van der Waals surface area contributed by atoms with E-state index in [0.717, 1.165) is 16.7 Å². The Balaban J connectivity index is 1.65. The molecule has 0 N–H and O–H groups in total. The molecule has 0 radical (unpaired) electrons. The van der Waals surface area contributed by atoms with Crippen LogP contribution < -0.4 is 0 Å². The van der Waals surface area contributed by atoms with Gasteiger partial charge in [-0.1, -0.05) is 103 Å². The Labute approximate surface area is 210 Å². The van der Waals surface area contributed by atoms with Crippen molar-refractivity contribution in [3.05, 3.63) is 143 Å². The molecule has 2 heteroatoms. The van der Waals surface area contributed by atoms with E-state index in [1.165, 1.54) is 51.6 Å². The van der Waals surface area contributed by atoms with E-state index in [0.29, 0.717) is 5.56 Å². The minimum Gasteiger partial charge on any atom is -0.465 e. The number of rotatable bonds is 2. The van der Waals surface area contributed by atoms with Crippen LogP contribution in [-0.4, -0.2) is 13.1 Å². The fourth-order valence-electron chi connectivity index (χ4n) is 6.66. The highest BCUT2D eigenvalue weighted by atomic mass is 16.5. The van der Waals surface area contributed by atoms with Crippen LogP contribution in [0.5, 0.6) is 0 Å². The van der Waals surface area contributed by atoms with Gasteiger partial charge in [-0.3, -0.25) is 0 Å². The second kappa shape index (κ2) is 7.53. The van der Waals surface area contributed by atoms with Crippen LogP contribution in [0.15, 0.2) is 109 Å². The minimum absolute atomic E-state index is 0.316. The lowest BCUT2D eigenvalue weighted by atomic mass is 9.70. The van der Waals surface area contributed by atoms with Gasteiger partial charge in [0.1, 0.15) is 0 Å². The number of aryl methyl sites for hydroxylation is 1. The number of hydrogen-bond acceptors (Lipinski definition) is 2. The van der Waals surface area contributed by atoms with Gasteiger partial charge < -0.3 is 4.74 Å². The van der Waals surface area contributed by atoms with Crippen molar-refractivity contribution in [3.63, 3.8) is 0 Å². The van der Waals surface area contributed by atoms with Crippen molar-refractivity contribution in [1.29, 1.82) is 0 Å². The molecule has 2 nitrogen and oxygen atoms in total. The molecule has 1 spiro atoms. The van der Waals surface area contributed by atoms with Gasteiger partial charge in [-0.05, 0) is 74.2 Å². The Morgan fingerprint density at radius 2 is 1.06 bits per heavy atom. The molecule has 0 aromatic heterocycles. The summed E-state index contributed by atoms with van der Waals surface area (Å²) in [5.41, 5.74) is 13.4. The molecule has 2 aliphatic carbocycles. The van der Waals surface area contributed by atoms with Gasteiger partial charge in [-0.25, -0.2) is 4.79 Å². The third-order valence-electron chi connectivity index (χ3n) is 7.97. The molecule has 0 bridgehead atoms. The average molecular weight is 465 g/mol. The molecule has 7 rings (SSSR count). The van der Waals surface area contributed by atoms with E-state index >= 15 is 0 Å². The van der Waals surface area contributed by atoms with Gasteiger partial charge in [0.25, 0.3) is 0 Å². The Kier molecular flexibility index (Phi) is 4.37. The van der Waals surface area contributed by atoms with Gasteiger partial charge in [0, 0.05) is 0 Å². The number of ether oxygens (including phenoxy) is 1. The molecular weight excluding hydrogens is 440 g/mol. The second-order valence-electron chi connectivity index (χ2n) is 9.60. The molecule has 0 saturated carbocycles. The summed E-state index contributed by atoms with van der Waals surface area (Å²) >= 11 is 0. The number of fused-ring (bicyclic) bond motifs is 10. The van der Waals surface area contributed by atoms with Gasteiger partial charge >= 0.3 is 5.97 Å². The van der Waals surface area contributed by atoms with Crippen molar-refractivity contribution in [2.45, 2.75) is 12.3 Å². The maximum atomic E-state index is 12.9. The van der Waals surface area contributed by atoms with Gasteiger partial charge in [-0.15, -0.1) is 0 Å². The average Bonchev–Trinajstić information content (AvgIpc) is 3.40. The van der Waals surface area contributed by atoms with Crippen LogP contribution in [-0.2, 0) is 10.2 Å². The summed E-state index contributed by atoms with van der Waals surface area (Å²) in [4.78, 5) is 12.9.